The van der Waals surface area contributed by atoms with Crippen LogP contribution in [-0.2, 0) is 0 Å². The van der Waals surface area contributed by atoms with E-state index in [4.69, 9.17) is 21.9 Å². The summed E-state index contributed by atoms with van der Waals surface area (Å²) in [6.07, 6.45) is 0. The Hall–Kier alpha value is -2.26. The number of hydrogen-bond donors (Lipinski definition) is 1. The monoisotopic (exact) mass is 284 g/mol. The van der Waals surface area contributed by atoms with Crippen LogP contribution >= 0.6 is 11.6 Å². The number of benzene rings is 2. The molecule has 2 N–H and O–H groups in total. The van der Waals surface area contributed by atoms with Gasteiger partial charge in [0.15, 0.2) is 11.6 Å². The first-order valence-corrected chi connectivity index (χ1v) is 6.61. The van der Waals surface area contributed by atoms with Crippen LogP contribution in [0.15, 0.2) is 53.1 Å². The molecule has 100 valence electrons. The largest absolute Gasteiger partial charge is 0.380 e. The van der Waals surface area contributed by atoms with Crippen LogP contribution in [0.1, 0.15) is 5.56 Å². The molecule has 1 aromatic heterocycles. The van der Waals surface area contributed by atoms with Gasteiger partial charge in [0.25, 0.3) is 0 Å². The van der Waals surface area contributed by atoms with E-state index in [1.54, 1.807) is 0 Å². The molecule has 3 rings (SSSR count). The second kappa shape index (κ2) is 5.02. The Morgan fingerprint density at radius 2 is 1.75 bits per heavy atom. The number of rotatable bonds is 2. The van der Waals surface area contributed by atoms with E-state index in [0.29, 0.717) is 16.6 Å². The third kappa shape index (κ3) is 2.17. The minimum absolute atomic E-state index is 0.365. The number of aryl methyl sites for hydroxylation is 1. The molecule has 4 heteroatoms. The fraction of sp³-hybridized carbons (Fsp3) is 0.0625. The Morgan fingerprint density at radius 1 is 1.05 bits per heavy atom. The summed E-state index contributed by atoms with van der Waals surface area (Å²) in [5, 5.41) is 4.49. The average molecular weight is 285 g/mol. The number of nitrogens with zero attached hydrogens (tertiary/aromatic N) is 1. The lowest BCUT2D eigenvalue weighted by Gasteiger charge is -2.05. The standard InChI is InChI=1S/C16H13ClN2O/c1-10-6-8-11(9-7-10)14-15(20-19-16(14)18)12-4-2-3-5-13(12)17/h2-9H,1H3,(H2,18,19). The molecule has 0 spiro atoms. The Kier molecular flexibility index (Phi) is 3.20. The SMILES string of the molecule is Cc1ccc(-c2c(N)noc2-c2ccccc2Cl)cc1. The Balaban J connectivity index is 2.20. The van der Waals surface area contributed by atoms with Crippen LogP contribution in [0, 0.1) is 6.92 Å². The Labute approximate surface area is 122 Å². The summed E-state index contributed by atoms with van der Waals surface area (Å²) in [5.74, 6) is 0.959. The van der Waals surface area contributed by atoms with Gasteiger partial charge in [0.1, 0.15) is 0 Å². The van der Waals surface area contributed by atoms with Gasteiger partial charge in [-0.2, -0.15) is 0 Å². The molecule has 1 heterocycles. The van der Waals surface area contributed by atoms with Gasteiger partial charge in [-0.25, -0.2) is 0 Å². The number of aromatic nitrogens is 1. The molecule has 0 unspecified atom stereocenters. The molecule has 3 aromatic rings. The van der Waals surface area contributed by atoms with E-state index in [0.717, 1.165) is 16.7 Å². The summed E-state index contributed by atoms with van der Waals surface area (Å²) in [6, 6.07) is 15.5. The van der Waals surface area contributed by atoms with Crippen molar-refractivity contribution in [1.29, 1.82) is 0 Å². The van der Waals surface area contributed by atoms with E-state index in [1.807, 2.05) is 55.5 Å². The van der Waals surface area contributed by atoms with E-state index in [9.17, 15) is 0 Å². The van der Waals surface area contributed by atoms with Crippen LogP contribution in [0.3, 0.4) is 0 Å². The smallest absolute Gasteiger partial charge is 0.178 e. The van der Waals surface area contributed by atoms with Crippen LogP contribution in [0.4, 0.5) is 5.82 Å². The van der Waals surface area contributed by atoms with Crippen LogP contribution in [0.25, 0.3) is 22.5 Å². The van der Waals surface area contributed by atoms with Gasteiger partial charge in [-0.3, -0.25) is 0 Å². The molecular formula is C16H13ClN2O. The number of nitrogen functional groups attached to an aromatic ring is 1. The van der Waals surface area contributed by atoms with Crippen LogP contribution < -0.4 is 5.73 Å². The van der Waals surface area contributed by atoms with Crippen molar-refractivity contribution in [2.75, 3.05) is 5.73 Å². The van der Waals surface area contributed by atoms with Crippen molar-refractivity contribution in [3.63, 3.8) is 0 Å². The summed E-state index contributed by atoms with van der Waals surface area (Å²) in [4.78, 5) is 0. The van der Waals surface area contributed by atoms with Crippen LogP contribution in [-0.4, -0.2) is 5.16 Å². The van der Waals surface area contributed by atoms with Crippen molar-refractivity contribution >= 4 is 17.4 Å². The van der Waals surface area contributed by atoms with Gasteiger partial charge in [0.05, 0.1) is 10.6 Å². The first-order chi connectivity index (χ1) is 9.66. The van der Waals surface area contributed by atoms with Gasteiger partial charge in [-0.1, -0.05) is 58.7 Å². The molecule has 0 atom stereocenters. The lowest BCUT2D eigenvalue weighted by Crippen LogP contribution is -1.89. The summed E-state index contributed by atoms with van der Waals surface area (Å²) >= 11 is 6.22. The first kappa shape index (κ1) is 12.8. The first-order valence-electron chi connectivity index (χ1n) is 6.24. The van der Waals surface area contributed by atoms with Gasteiger partial charge in [0, 0.05) is 5.56 Å². The molecule has 0 fully saturated rings. The third-order valence-corrected chi connectivity index (χ3v) is 3.51. The molecule has 0 radical (unpaired) electrons. The zero-order chi connectivity index (χ0) is 14.1. The maximum Gasteiger partial charge on any atom is 0.178 e. The number of anilines is 1. The highest BCUT2D eigenvalue weighted by atomic mass is 35.5. The molecule has 0 aliphatic heterocycles. The number of hydrogen-bond acceptors (Lipinski definition) is 3. The zero-order valence-corrected chi connectivity index (χ0v) is 11.7. The molecule has 20 heavy (non-hydrogen) atoms. The molecule has 3 nitrogen and oxygen atoms in total. The Morgan fingerprint density at radius 3 is 2.45 bits per heavy atom. The molecule has 0 saturated carbocycles. The van der Waals surface area contributed by atoms with Crippen molar-refractivity contribution < 1.29 is 4.52 Å². The predicted molar refractivity (Wildman–Crippen MR) is 81.5 cm³/mol. The van der Waals surface area contributed by atoms with Gasteiger partial charge in [0.2, 0.25) is 0 Å². The Bertz CT molecular complexity index is 747. The predicted octanol–water partition coefficient (Wildman–Crippen LogP) is 4.55. The number of nitrogens with two attached hydrogens (primary N) is 1. The second-order valence-electron chi connectivity index (χ2n) is 4.62. The van der Waals surface area contributed by atoms with Crippen molar-refractivity contribution in [1.82, 2.24) is 5.16 Å². The quantitative estimate of drug-likeness (QED) is 0.751. The lowest BCUT2D eigenvalue weighted by molar-refractivity contribution is 0.436. The topological polar surface area (TPSA) is 52.0 Å². The summed E-state index contributed by atoms with van der Waals surface area (Å²) < 4.78 is 5.39. The van der Waals surface area contributed by atoms with E-state index in [1.165, 1.54) is 5.56 Å². The third-order valence-electron chi connectivity index (χ3n) is 3.18. The normalized spacial score (nSPS) is 10.7. The molecule has 0 aliphatic rings. The van der Waals surface area contributed by atoms with Gasteiger partial charge in [-0.05, 0) is 24.6 Å². The van der Waals surface area contributed by atoms with Gasteiger partial charge >= 0.3 is 0 Å². The fourth-order valence-corrected chi connectivity index (χ4v) is 2.35. The molecule has 0 aliphatic carbocycles. The highest BCUT2D eigenvalue weighted by molar-refractivity contribution is 6.33. The van der Waals surface area contributed by atoms with Crippen molar-refractivity contribution in [3.05, 3.63) is 59.1 Å². The minimum atomic E-state index is 0.365. The van der Waals surface area contributed by atoms with Crippen LogP contribution in [0.5, 0.6) is 0 Å². The zero-order valence-electron chi connectivity index (χ0n) is 10.9. The lowest BCUT2D eigenvalue weighted by atomic mass is 10.0. The summed E-state index contributed by atoms with van der Waals surface area (Å²) in [7, 11) is 0. The van der Waals surface area contributed by atoms with E-state index < -0.39 is 0 Å². The van der Waals surface area contributed by atoms with Gasteiger partial charge < -0.3 is 10.3 Å². The molecular weight excluding hydrogens is 272 g/mol. The van der Waals surface area contributed by atoms with Gasteiger partial charge in [-0.15, -0.1) is 0 Å². The summed E-state index contributed by atoms with van der Waals surface area (Å²) in [5.41, 5.74) is 9.66. The molecule has 0 bridgehead atoms. The summed E-state index contributed by atoms with van der Waals surface area (Å²) in [6.45, 7) is 2.04. The molecule has 0 amide bonds. The van der Waals surface area contributed by atoms with Crippen molar-refractivity contribution in [2.24, 2.45) is 0 Å². The van der Waals surface area contributed by atoms with Crippen molar-refractivity contribution in [3.8, 4) is 22.5 Å². The van der Waals surface area contributed by atoms with E-state index >= 15 is 0 Å². The van der Waals surface area contributed by atoms with Crippen LogP contribution in [0.2, 0.25) is 5.02 Å². The van der Waals surface area contributed by atoms with E-state index in [2.05, 4.69) is 5.16 Å². The maximum absolute atomic E-state index is 6.22. The highest BCUT2D eigenvalue weighted by Crippen LogP contribution is 2.39. The molecule has 0 saturated heterocycles. The number of halogens is 1. The molecule has 2 aromatic carbocycles. The minimum Gasteiger partial charge on any atom is -0.380 e. The van der Waals surface area contributed by atoms with E-state index in [-0.39, 0.29) is 0 Å². The highest BCUT2D eigenvalue weighted by Gasteiger charge is 2.19. The van der Waals surface area contributed by atoms with Crippen molar-refractivity contribution in [2.45, 2.75) is 6.92 Å². The fourth-order valence-electron chi connectivity index (χ4n) is 2.13. The average Bonchev–Trinajstić information content (AvgIpc) is 2.82. The second-order valence-corrected chi connectivity index (χ2v) is 5.03. The maximum atomic E-state index is 6.22.